The summed E-state index contributed by atoms with van der Waals surface area (Å²) in [4.78, 5) is 15.4. The van der Waals surface area contributed by atoms with Crippen LogP contribution in [0.2, 0.25) is 10.0 Å². The third-order valence-corrected chi connectivity index (χ3v) is 2.63. The second-order valence-corrected chi connectivity index (χ2v) is 4.50. The molecule has 1 heterocycles. The quantitative estimate of drug-likeness (QED) is 0.939. The van der Waals surface area contributed by atoms with Gasteiger partial charge in [-0.25, -0.2) is 4.98 Å². The van der Waals surface area contributed by atoms with Crippen molar-refractivity contribution in [3.8, 4) is 5.75 Å². The average Bonchev–Trinajstić information content (AvgIpc) is 2.73. The first-order valence-electron chi connectivity index (χ1n) is 5.28. The molecule has 0 aliphatic heterocycles. The molecular weight excluding hydrogens is 291 g/mol. The third kappa shape index (κ3) is 3.84. The number of benzene rings is 1. The van der Waals surface area contributed by atoms with Crippen LogP contribution in [0.25, 0.3) is 0 Å². The number of rotatable bonds is 4. The van der Waals surface area contributed by atoms with Crippen molar-refractivity contribution in [1.82, 2.24) is 14.8 Å². The lowest BCUT2D eigenvalue weighted by Crippen LogP contribution is -2.21. The highest BCUT2D eigenvalue weighted by molar-refractivity contribution is 6.35. The third-order valence-electron chi connectivity index (χ3n) is 2.10. The highest BCUT2D eigenvalue weighted by Crippen LogP contribution is 2.27. The van der Waals surface area contributed by atoms with Crippen molar-refractivity contribution >= 4 is 35.1 Å². The van der Waals surface area contributed by atoms with E-state index in [1.165, 1.54) is 17.1 Å². The number of aromatic nitrogens is 3. The summed E-state index contributed by atoms with van der Waals surface area (Å²) < 4.78 is 6.75. The number of carbonyl (C=O) groups is 1. The zero-order valence-electron chi connectivity index (χ0n) is 9.93. The molecule has 1 amide bonds. The smallest absolute Gasteiger partial charge is 0.264 e. The summed E-state index contributed by atoms with van der Waals surface area (Å²) in [6, 6.07) is 4.76. The Hall–Kier alpha value is -1.79. The lowest BCUT2D eigenvalue weighted by atomic mass is 10.3. The second kappa shape index (κ2) is 5.90. The molecule has 100 valence electrons. The van der Waals surface area contributed by atoms with Crippen molar-refractivity contribution in [3.63, 3.8) is 0 Å². The van der Waals surface area contributed by atoms with Gasteiger partial charge < -0.3 is 4.74 Å². The van der Waals surface area contributed by atoms with E-state index in [2.05, 4.69) is 15.4 Å². The van der Waals surface area contributed by atoms with Crippen LogP contribution >= 0.6 is 23.2 Å². The minimum Gasteiger partial charge on any atom is -0.482 e. The first kappa shape index (κ1) is 13.6. The SMILES string of the molecule is Cn1cnc(NC(=O)COc2ccc(Cl)cc2Cl)n1. The fourth-order valence-electron chi connectivity index (χ4n) is 1.29. The second-order valence-electron chi connectivity index (χ2n) is 3.65. The summed E-state index contributed by atoms with van der Waals surface area (Å²) in [7, 11) is 1.70. The number of hydrogen-bond donors (Lipinski definition) is 1. The molecule has 8 heteroatoms. The molecule has 0 spiro atoms. The molecule has 0 radical (unpaired) electrons. The number of hydrogen-bond acceptors (Lipinski definition) is 4. The van der Waals surface area contributed by atoms with Gasteiger partial charge in [-0.2, -0.15) is 0 Å². The number of anilines is 1. The topological polar surface area (TPSA) is 69.0 Å². The van der Waals surface area contributed by atoms with E-state index in [-0.39, 0.29) is 18.5 Å². The monoisotopic (exact) mass is 300 g/mol. The Kier molecular flexibility index (Phi) is 4.24. The van der Waals surface area contributed by atoms with Crippen LogP contribution in [0.5, 0.6) is 5.75 Å². The summed E-state index contributed by atoms with van der Waals surface area (Å²) in [5.74, 6) is 0.228. The number of ether oxygens (including phenoxy) is 1. The molecule has 0 aliphatic rings. The predicted octanol–water partition coefficient (Wildman–Crippen LogP) is 2.14. The number of aryl methyl sites for hydroxylation is 1. The van der Waals surface area contributed by atoms with Gasteiger partial charge in [0.1, 0.15) is 12.1 Å². The molecule has 0 saturated heterocycles. The van der Waals surface area contributed by atoms with Gasteiger partial charge in [0.05, 0.1) is 5.02 Å². The molecule has 1 aromatic heterocycles. The summed E-state index contributed by atoms with van der Waals surface area (Å²) in [5, 5.41) is 7.24. The van der Waals surface area contributed by atoms with Crippen LogP contribution in [-0.4, -0.2) is 27.3 Å². The van der Waals surface area contributed by atoms with Crippen LogP contribution in [0.15, 0.2) is 24.5 Å². The number of carbonyl (C=O) groups excluding carboxylic acids is 1. The summed E-state index contributed by atoms with van der Waals surface area (Å²) in [6.45, 7) is -0.195. The molecule has 2 aromatic rings. The molecule has 0 saturated carbocycles. The molecule has 0 atom stereocenters. The molecule has 0 fully saturated rings. The Balaban J connectivity index is 1.89. The van der Waals surface area contributed by atoms with Gasteiger partial charge in [0.2, 0.25) is 5.95 Å². The zero-order chi connectivity index (χ0) is 13.8. The van der Waals surface area contributed by atoms with E-state index in [1.54, 1.807) is 19.2 Å². The number of halogens is 2. The highest BCUT2D eigenvalue weighted by Gasteiger charge is 2.08. The normalized spacial score (nSPS) is 10.3. The molecule has 0 aliphatic carbocycles. The Morgan fingerprint density at radius 2 is 2.26 bits per heavy atom. The van der Waals surface area contributed by atoms with Crippen molar-refractivity contribution < 1.29 is 9.53 Å². The molecular formula is C11H10Cl2N4O2. The Morgan fingerprint density at radius 3 is 2.89 bits per heavy atom. The molecule has 2 rings (SSSR count). The minimum atomic E-state index is -0.378. The van der Waals surface area contributed by atoms with Gasteiger partial charge in [0.25, 0.3) is 5.91 Å². The minimum absolute atomic E-state index is 0.195. The van der Waals surface area contributed by atoms with Crippen LogP contribution in [0, 0.1) is 0 Å². The van der Waals surface area contributed by atoms with Crippen molar-refractivity contribution in [3.05, 3.63) is 34.6 Å². The van der Waals surface area contributed by atoms with Crippen LogP contribution in [0.4, 0.5) is 5.95 Å². The fraction of sp³-hybridized carbons (Fsp3) is 0.182. The van der Waals surface area contributed by atoms with Gasteiger partial charge in [0.15, 0.2) is 6.61 Å². The van der Waals surface area contributed by atoms with E-state index in [0.717, 1.165) is 0 Å². The van der Waals surface area contributed by atoms with E-state index >= 15 is 0 Å². The average molecular weight is 301 g/mol. The highest BCUT2D eigenvalue weighted by atomic mass is 35.5. The van der Waals surface area contributed by atoms with Crippen LogP contribution in [-0.2, 0) is 11.8 Å². The first-order chi connectivity index (χ1) is 9.04. The lowest BCUT2D eigenvalue weighted by Gasteiger charge is -2.07. The van der Waals surface area contributed by atoms with Gasteiger partial charge in [-0.3, -0.25) is 14.8 Å². The van der Waals surface area contributed by atoms with E-state index < -0.39 is 0 Å². The fourth-order valence-corrected chi connectivity index (χ4v) is 1.76. The largest absolute Gasteiger partial charge is 0.482 e. The van der Waals surface area contributed by atoms with E-state index in [9.17, 15) is 4.79 Å². The predicted molar refractivity (Wildman–Crippen MR) is 71.6 cm³/mol. The van der Waals surface area contributed by atoms with E-state index in [0.29, 0.717) is 15.8 Å². The van der Waals surface area contributed by atoms with Crippen LogP contribution in [0.1, 0.15) is 0 Å². The summed E-state index contributed by atoms with van der Waals surface area (Å²) in [6.07, 6.45) is 1.48. The van der Waals surface area contributed by atoms with Crippen molar-refractivity contribution in [1.29, 1.82) is 0 Å². The number of nitrogens with zero attached hydrogens (tertiary/aromatic N) is 3. The Bertz CT molecular complexity index is 600. The number of nitrogens with one attached hydrogen (secondary N) is 1. The molecule has 19 heavy (non-hydrogen) atoms. The molecule has 0 bridgehead atoms. The maximum atomic E-state index is 11.6. The van der Waals surface area contributed by atoms with Gasteiger partial charge in [-0.1, -0.05) is 23.2 Å². The lowest BCUT2D eigenvalue weighted by molar-refractivity contribution is -0.118. The van der Waals surface area contributed by atoms with Gasteiger partial charge >= 0.3 is 0 Å². The Morgan fingerprint density at radius 1 is 1.47 bits per heavy atom. The molecule has 0 unspecified atom stereocenters. The van der Waals surface area contributed by atoms with Crippen molar-refractivity contribution in [2.75, 3.05) is 11.9 Å². The summed E-state index contributed by atoms with van der Waals surface area (Å²) >= 11 is 11.7. The summed E-state index contributed by atoms with van der Waals surface area (Å²) in [5.41, 5.74) is 0. The first-order valence-corrected chi connectivity index (χ1v) is 6.03. The van der Waals surface area contributed by atoms with Gasteiger partial charge in [0, 0.05) is 12.1 Å². The van der Waals surface area contributed by atoms with E-state index in [4.69, 9.17) is 27.9 Å². The Labute approximate surface area is 119 Å². The van der Waals surface area contributed by atoms with Crippen LogP contribution in [0.3, 0.4) is 0 Å². The standard InChI is InChI=1S/C11H10Cl2N4O2/c1-17-6-14-11(16-17)15-10(18)5-19-9-3-2-7(12)4-8(9)13/h2-4,6H,5H2,1H3,(H,15,16,18). The maximum absolute atomic E-state index is 11.6. The van der Waals surface area contributed by atoms with E-state index in [1.807, 2.05) is 0 Å². The zero-order valence-corrected chi connectivity index (χ0v) is 11.4. The van der Waals surface area contributed by atoms with Crippen molar-refractivity contribution in [2.45, 2.75) is 0 Å². The molecule has 6 nitrogen and oxygen atoms in total. The van der Waals surface area contributed by atoms with Gasteiger partial charge in [-0.05, 0) is 18.2 Å². The maximum Gasteiger partial charge on any atom is 0.264 e. The number of amides is 1. The van der Waals surface area contributed by atoms with Gasteiger partial charge in [-0.15, -0.1) is 5.10 Å². The van der Waals surface area contributed by atoms with Crippen LogP contribution < -0.4 is 10.1 Å². The molecule has 1 aromatic carbocycles. The molecule has 1 N–H and O–H groups in total. The van der Waals surface area contributed by atoms with Crippen molar-refractivity contribution in [2.24, 2.45) is 7.05 Å².